The summed E-state index contributed by atoms with van der Waals surface area (Å²) in [7, 11) is 0. The second-order valence-corrected chi connectivity index (χ2v) is 9.70. The van der Waals surface area contributed by atoms with E-state index in [1.54, 1.807) is 16.7 Å². The quantitative estimate of drug-likeness (QED) is 0.637. The Balaban J connectivity index is 2.01. The lowest BCUT2D eigenvalue weighted by Gasteiger charge is -2.31. The monoisotopic (exact) mass is 426 g/mol. The second kappa shape index (κ2) is 11.2. The van der Waals surface area contributed by atoms with Crippen LogP contribution in [0.2, 0.25) is 0 Å². The van der Waals surface area contributed by atoms with Crippen molar-refractivity contribution in [3.63, 3.8) is 0 Å². The van der Waals surface area contributed by atoms with Crippen molar-refractivity contribution >= 4 is 23.6 Å². The van der Waals surface area contributed by atoms with Crippen molar-refractivity contribution in [1.29, 1.82) is 0 Å². The standard InChI is InChI=1S/C25H34N2O2S/c1-19-11-13-22(14-12-19)17-30-18-23(28)27(16-15-21-9-7-6-8-10-21)20(2)24(29)26-25(3,4)5/h6-14,20H,15-18H2,1-5H3,(H,26,29). The molecule has 0 spiro atoms. The number of amides is 2. The molecular formula is C25H34N2O2S. The number of thioether (sulfide) groups is 1. The van der Waals surface area contributed by atoms with Gasteiger partial charge in [0.25, 0.3) is 0 Å². The predicted molar refractivity (Wildman–Crippen MR) is 127 cm³/mol. The van der Waals surface area contributed by atoms with Crippen molar-refractivity contribution in [2.75, 3.05) is 12.3 Å². The molecule has 4 nitrogen and oxygen atoms in total. The fourth-order valence-corrected chi connectivity index (χ4v) is 3.94. The highest BCUT2D eigenvalue weighted by molar-refractivity contribution is 7.99. The molecule has 0 aromatic heterocycles. The zero-order valence-corrected chi connectivity index (χ0v) is 19.6. The van der Waals surface area contributed by atoms with Gasteiger partial charge in [-0.25, -0.2) is 0 Å². The van der Waals surface area contributed by atoms with E-state index in [9.17, 15) is 9.59 Å². The molecule has 30 heavy (non-hydrogen) atoms. The number of nitrogens with zero attached hydrogens (tertiary/aromatic N) is 1. The largest absolute Gasteiger partial charge is 0.350 e. The van der Waals surface area contributed by atoms with E-state index >= 15 is 0 Å². The predicted octanol–water partition coefficient (Wildman–Crippen LogP) is 4.60. The fraction of sp³-hybridized carbons (Fsp3) is 0.440. The van der Waals surface area contributed by atoms with Crippen molar-refractivity contribution < 1.29 is 9.59 Å². The average Bonchev–Trinajstić information content (AvgIpc) is 2.69. The van der Waals surface area contributed by atoms with Gasteiger partial charge >= 0.3 is 0 Å². The van der Waals surface area contributed by atoms with Crippen LogP contribution in [0, 0.1) is 6.92 Å². The van der Waals surface area contributed by atoms with Crippen molar-refractivity contribution in [2.45, 2.75) is 58.4 Å². The minimum Gasteiger partial charge on any atom is -0.350 e. The number of hydrogen-bond donors (Lipinski definition) is 1. The third-order valence-corrected chi connectivity index (χ3v) is 5.75. The number of rotatable bonds is 9. The molecule has 0 aliphatic heterocycles. The van der Waals surface area contributed by atoms with E-state index in [1.807, 2.05) is 45.9 Å². The molecule has 0 radical (unpaired) electrons. The van der Waals surface area contributed by atoms with Gasteiger partial charge in [-0.1, -0.05) is 60.2 Å². The van der Waals surface area contributed by atoms with Crippen LogP contribution in [0.1, 0.15) is 44.4 Å². The minimum atomic E-state index is -0.514. The highest BCUT2D eigenvalue weighted by atomic mass is 32.2. The van der Waals surface area contributed by atoms with Gasteiger partial charge in [0.2, 0.25) is 11.8 Å². The first-order valence-electron chi connectivity index (χ1n) is 10.4. The summed E-state index contributed by atoms with van der Waals surface area (Å²) in [5.74, 6) is 1.02. The summed E-state index contributed by atoms with van der Waals surface area (Å²) in [4.78, 5) is 27.5. The summed E-state index contributed by atoms with van der Waals surface area (Å²) in [6, 6.07) is 17.9. The molecule has 2 amide bonds. The highest BCUT2D eigenvalue weighted by Crippen LogP contribution is 2.15. The average molecular weight is 427 g/mol. The van der Waals surface area contributed by atoms with Gasteiger partial charge in [-0.05, 0) is 52.2 Å². The number of hydrogen-bond acceptors (Lipinski definition) is 3. The normalized spacial score (nSPS) is 12.3. The number of aryl methyl sites for hydroxylation is 1. The zero-order valence-electron chi connectivity index (χ0n) is 18.8. The van der Waals surface area contributed by atoms with E-state index < -0.39 is 6.04 Å². The van der Waals surface area contributed by atoms with E-state index in [0.717, 1.165) is 17.7 Å². The third kappa shape index (κ3) is 8.23. The number of nitrogens with one attached hydrogen (secondary N) is 1. The Hall–Kier alpha value is -2.27. The first-order chi connectivity index (χ1) is 14.2. The summed E-state index contributed by atoms with van der Waals surface area (Å²) in [5.41, 5.74) is 3.25. The Labute approximate surface area is 185 Å². The van der Waals surface area contributed by atoms with Crippen LogP contribution in [0.5, 0.6) is 0 Å². The van der Waals surface area contributed by atoms with Gasteiger partial charge in [-0.15, -0.1) is 11.8 Å². The maximum atomic E-state index is 13.0. The van der Waals surface area contributed by atoms with Gasteiger partial charge in [0.05, 0.1) is 5.75 Å². The fourth-order valence-electron chi connectivity index (χ4n) is 3.07. The van der Waals surface area contributed by atoms with Crippen LogP contribution >= 0.6 is 11.8 Å². The first kappa shape index (κ1) is 24.0. The van der Waals surface area contributed by atoms with Crippen molar-refractivity contribution in [1.82, 2.24) is 10.2 Å². The van der Waals surface area contributed by atoms with Crippen LogP contribution in [0.3, 0.4) is 0 Å². The van der Waals surface area contributed by atoms with Gasteiger partial charge in [-0.2, -0.15) is 0 Å². The molecule has 0 heterocycles. The molecule has 1 N–H and O–H groups in total. The van der Waals surface area contributed by atoms with E-state index in [-0.39, 0.29) is 17.4 Å². The Morgan fingerprint density at radius 2 is 1.63 bits per heavy atom. The molecule has 0 saturated heterocycles. The van der Waals surface area contributed by atoms with Gasteiger partial charge in [0.15, 0.2) is 0 Å². The lowest BCUT2D eigenvalue weighted by atomic mass is 10.1. The lowest BCUT2D eigenvalue weighted by molar-refractivity contribution is -0.138. The molecule has 1 atom stereocenters. The molecule has 1 unspecified atom stereocenters. The molecular weight excluding hydrogens is 392 g/mol. The highest BCUT2D eigenvalue weighted by Gasteiger charge is 2.27. The molecule has 0 bridgehead atoms. The van der Waals surface area contributed by atoms with E-state index in [4.69, 9.17) is 0 Å². The molecule has 2 rings (SSSR count). The van der Waals surface area contributed by atoms with Gasteiger partial charge in [0, 0.05) is 17.8 Å². The lowest BCUT2D eigenvalue weighted by Crippen LogP contribution is -2.53. The molecule has 5 heteroatoms. The van der Waals surface area contributed by atoms with Crippen molar-refractivity contribution in [3.05, 3.63) is 71.3 Å². The Morgan fingerprint density at radius 1 is 1.00 bits per heavy atom. The number of benzene rings is 2. The molecule has 2 aromatic carbocycles. The maximum Gasteiger partial charge on any atom is 0.242 e. The van der Waals surface area contributed by atoms with E-state index in [1.165, 1.54) is 11.1 Å². The molecule has 0 fully saturated rings. The summed E-state index contributed by atoms with van der Waals surface area (Å²) < 4.78 is 0. The summed E-state index contributed by atoms with van der Waals surface area (Å²) in [6.45, 7) is 10.2. The molecule has 0 aliphatic rings. The van der Waals surface area contributed by atoms with Crippen LogP contribution in [-0.4, -0.2) is 40.6 Å². The SMILES string of the molecule is Cc1ccc(CSCC(=O)N(CCc2ccccc2)C(C)C(=O)NC(C)(C)C)cc1. The molecule has 0 saturated carbocycles. The summed E-state index contributed by atoms with van der Waals surface area (Å²) >= 11 is 1.59. The maximum absolute atomic E-state index is 13.0. The Morgan fingerprint density at radius 3 is 2.23 bits per heavy atom. The third-order valence-electron chi connectivity index (χ3n) is 4.76. The van der Waals surface area contributed by atoms with Crippen LogP contribution in [0.15, 0.2) is 54.6 Å². The number of carbonyl (C=O) groups excluding carboxylic acids is 2. The Kier molecular flexibility index (Phi) is 8.97. The summed E-state index contributed by atoms with van der Waals surface area (Å²) in [5, 5.41) is 3.00. The minimum absolute atomic E-state index is 0.000369. The van der Waals surface area contributed by atoms with Gasteiger partial charge < -0.3 is 10.2 Å². The molecule has 2 aromatic rings. The molecule has 0 aliphatic carbocycles. The zero-order chi connectivity index (χ0) is 22.1. The molecule has 162 valence electrons. The van der Waals surface area contributed by atoms with Crippen LogP contribution in [0.25, 0.3) is 0 Å². The topological polar surface area (TPSA) is 49.4 Å². The van der Waals surface area contributed by atoms with Crippen LogP contribution in [0.4, 0.5) is 0 Å². The number of carbonyl (C=O) groups is 2. The summed E-state index contributed by atoms with van der Waals surface area (Å²) in [6.07, 6.45) is 0.725. The van der Waals surface area contributed by atoms with Gasteiger partial charge in [0.1, 0.15) is 6.04 Å². The van der Waals surface area contributed by atoms with Crippen LogP contribution in [-0.2, 0) is 21.8 Å². The van der Waals surface area contributed by atoms with Crippen LogP contribution < -0.4 is 5.32 Å². The first-order valence-corrected chi connectivity index (χ1v) is 11.6. The Bertz CT molecular complexity index is 813. The van der Waals surface area contributed by atoms with Gasteiger partial charge in [-0.3, -0.25) is 9.59 Å². The van der Waals surface area contributed by atoms with Crippen molar-refractivity contribution in [3.8, 4) is 0 Å². The second-order valence-electron chi connectivity index (χ2n) is 8.72. The van der Waals surface area contributed by atoms with Crippen molar-refractivity contribution in [2.24, 2.45) is 0 Å². The smallest absolute Gasteiger partial charge is 0.242 e. The van der Waals surface area contributed by atoms with E-state index in [0.29, 0.717) is 12.3 Å². The van der Waals surface area contributed by atoms with E-state index in [2.05, 4.69) is 48.6 Å².